The van der Waals surface area contributed by atoms with E-state index in [2.05, 4.69) is 15.9 Å². The van der Waals surface area contributed by atoms with Gasteiger partial charge in [0.05, 0.1) is 11.1 Å². The molecule has 0 aliphatic heterocycles. The number of halogens is 1. The molecule has 3 heteroatoms. The lowest BCUT2D eigenvalue weighted by Crippen LogP contribution is -2.00. The first kappa shape index (κ1) is 12.2. The van der Waals surface area contributed by atoms with Crippen LogP contribution < -0.4 is 4.74 Å². The molecule has 0 aromatic heterocycles. The predicted molar refractivity (Wildman–Crippen MR) is 64.3 cm³/mol. The van der Waals surface area contributed by atoms with Gasteiger partial charge in [-0.25, -0.2) is 0 Å². The molecular formula is C12H15BrO2. The first-order valence-corrected chi connectivity index (χ1v) is 5.77. The Balaban J connectivity index is 2.40. The molecule has 0 radical (unpaired) electrons. The Morgan fingerprint density at radius 1 is 1.47 bits per heavy atom. The average Bonchev–Trinajstić information content (AvgIpc) is 2.14. The molecule has 2 nitrogen and oxygen atoms in total. The van der Waals surface area contributed by atoms with Gasteiger partial charge < -0.3 is 9.53 Å². The number of rotatable bonds is 5. The topological polar surface area (TPSA) is 26.3 Å². The van der Waals surface area contributed by atoms with E-state index in [0.29, 0.717) is 13.0 Å². The molecule has 0 amide bonds. The molecule has 0 N–H and O–H groups in total. The van der Waals surface area contributed by atoms with Crippen molar-refractivity contribution in [1.29, 1.82) is 0 Å². The van der Waals surface area contributed by atoms with Crippen LogP contribution >= 0.6 is 15.9 Å². The van der Waals surface area contributed by atoms with Gasteiger partial charge in [-0.3, -0.25) is 0 Å². The number of Topliss-reactive ketones (excluding diaryl/α,β-unsaturated/α-hetero) is 1. The minimum Gasteiger partial charge on any atom is -0.492 e. The number of hydrogen-bond acceptors (Lipinski definition) is 2. The normalized spacial score (nSPS) is 10.1. The average molecular weight is 271 g/mol. The molecule has 1 aromatic carbocycles. The van der Waals surface area contributed by atoms with Gasteiger partial charge in [-0.15, -0.1) is 0 Å². The SMILES string of the molecule is CC(=O)CCCOc1ccc(C)cc1Br. The third-order valence-corrected chi connectivity index (χ3v) is 2.64. The lowest BCUT2D eigenvalue weighted by atomic mass is 10.2. The van der Waals surface area contributed by atoms with E-state index in [1.807, 2.05) is 25.1 Å². The van der Waals surface area contributed by atoms with Gasteiger partial charge in [0.15, 0.2) is 0 Å². The maximum Gasteiger partial charge on any atom is 0.133 e. The summed E-state index contributed by atoms with van der Waals surface area (Å²) in [5.74, 6) is 1.05. The van der Waals surface area contributed by atoms with Crippen molar-refractivity contribution in [3.8, 4) is 5.75 Å². The lowest BCUT2D eigenvalue weighted by molar-refractivity contribution is -0.117. The Labute approximate surface area is 98.8 Å². The number of ether oxygens (including phenoxy) is 1. The van der Waals surface area contributed by atoms with Gasteiger partial charge in [-0.05, 0) is 53.9 Å². The second-order valence-electron chi connectivity index (χ2n) is 3.59. The van der Waals surface area contributed by atoms with Crippen molar-refractivity contribution in [2.75, 3.05) is 6.61 Å². The van der Waals surface area contributed by atoms with Crippen LogP contribution in [0.4, 0.5) is 0 Å². The van der Waals surface area contributed by atoms with Gasteiger partial charge in [-0.2, -0.15) is 0 Å². The van der Waals surface area contributed by atoms with E-state index < -0.39 is 0 Å². The highest BCUT2D eigenvalue weighted by molar-refractivity contribution is 9.10. The fraction of sp³-hybridized carbons (Fsp3) is 0.417. The Kier molecular flexibility index (Phi) is 4.82. The molecular weight excluding hydrogens is 256 g/mol. The fourth-order valence-corrected chi connectivity index (χ4v) is 1.83. The van der Waals surface area contributed by atoms with Gasteiger partial charge in [-0.1, -0.05) is 6.07 Å². The summed E-state index contributed by atoms with van der Waals surface area (Å²) in [6, 6.07) is 5.96. The summed E-state index contributed by atoms with van der Waals surface area (Å²) < 4.78 is 6.51. The van der Waals surface area contributed by atoms with Crippen LogP contribution in [0.3, 0.4) is 0 Å². The highest BCUT2D eigenvalue weighted by Gasteiger charge is 2.01. The van der Waals surface area contributed by atoms with E-state index in [1.54, 1.807) is 6.92 Å². The first-order valence-electron chi connectivity index (χ1n) is 4.98. The monoisotopic (exact) mass is 270 g/mol. The third kappa shape index (κ3) is 4.47. The van der Waals surface area contributed by atoms with Crippen molar-refractivity contribution in [2.24, 2.45) is 0 Å². The third-order valence-electron chi connectivity index (χ3n) is 2.02. The number of aryl methyl sites for hydroxylation is 1. The molecule has 0 bridgehead atoms. The van der Waals surface area contributed by atoms with E-state index in [1.165, 1.54) is 5.56 Å². The van der Waals surface area contributed by atoms with Crippen LogP contribution in [0.2, 0.25) is 0 Å². The summed E-state index contributed by atoms with van der Waals surface area (Å²) in [6.07, 6.45) is 1.36. The number of carbonyl (C=O) groups excluding carboxylic acids is 1. The van der Waals surface area contributed by atoms with Gasteiger partial charge in [0.2, 0.25) is 0 Å². The summed E-state index contributed by atoms with van der Waals surface area (Å²) in [6.45, 7) is 4.22. The van der Waals surface area contributed by atoms with Crippen LogP contribution in [-0.2, 0) is 4.79 Å². The molecule has 0 spiro atoms. The number of ketones is 1. The second-order valence-corrected chi connectivity index (χ2v) is 4.44. The quantitative estimate of drug-likeness (QED) is 0.766. The van der Waals surface area contributed by atoms with Crippen LogP contribution in [0.25, 0.3) is 0 Å². The zero-order valence-electron chi connectivity index (χ0n) is 9.05. The number of hydrogen-bond donors (Lipinski definition) is 0. The van der Waals surface area contributed by atoms with Crippen molar-refractivity contribution in [1.82, 2.24) is 0 Å². The highest BCUT2D eigenvalue weighted by atomic mass is 79.9. The van der Waals surface area contributed by atoms with E-state index in [4.69, 9.17) is 4.74 Å². The molecule has 0 atom stereocenters. The lowest BCUT2D eigenvalue weighted by Gasteiger charge is -2.07. The summed E-state index contributed by atoms with van der Waals surface area (Å²) >= 11 is 3.44. The maximum absolute atomic E-state index is 10.7. The Hall–Kier alpha value is -0.830. The molecule has 82 valence electrons. The molecule has 0 aliphatic rings. The second kappa shape index (κ2) is 5.91. The molecule has 1 aromatic rings. The Morgan fingerprint density at radius 3 is 2.80 bits per heavy atom. The molecule has 0 saturated carbocycles. The molecule has 0 saturated heterocycles. The maximum atomic E-state index is 10.7. The van der Waals surface area contributed by atoms with E-state index >= 15 is 0 Å². The molecule has 0 heterocycles. The van der Waals surface area contributed by atoms with E-state index in [-0.39, 0.29) is 5.78 Å². The Morgan fingerprint density at radius 2 is 2.20 bits per heavy atom. The minimum absolute atomic E-state index is 0.210. The molecule has 1 rings (SSSR count). The van der Waals surface area contributed by atoms with Gasteiger partial charge in [0.25, 0.3) is 0 Å². The molecule has 0 unspecified atom stereocenters. The minimum atomic E-state index is 0.210. The van der Waals surface area contributed by atoms with Gasteiger partial charge >= 0.3 is 0 Å². The summed E-state index contributed by atoms with van der Waals surface area (Å²) in [7, 11) is 0. The summed E-state index contributed by atoms with van der Waals surface area (Å²) in [5.41, 5.74) is 1.19. The number of carbonyl (C=O) groups is 1. The summed E-state index contributed by atoms with van der Waals surface area (Å²) in [5, 5.41) is 0. The van der Waals surface area contributed by atoms with E-state index in [9.17, 15) is 4.79 Å². The molecule has 15 heavy (non-hydrogen) atoms. The van der Waals surface area contributed by atoms with Crippen LogP contribution in [0.15, 0.2) is 22.7 Å². The van der Waals surface area contributed by atoms with Crippen molar-refractivity contribution in [2.45, 2.75) is 26.7 Å². The van der Waals surface area contributed by atoms with Crippen molar-refractivity contribution in [3.63, 3.8) is 0 Å². The fourth-order valence-electron chi connectivity index (χ4n) is 1.23. The Bertz CT molecular complexity index is 347. The van der Waals surface area contributed by atoms with Gasteiger partial charge in [0, 0.05) is 6.42 Å². The van der Waals surface area contributed by atoms with E-state index in [0.717, 1.165) is 16.6 Å². The smallest absolute Gasteiger partial charge is 0.133 e. The summed E-state index contributed by atoms with van der Waals surface area (Å²) in [4.78, 5) is 10.7. The zero-order chi connectivity index (χ0) is 11.3. The standard InChI is InChI=1S/C12H15BrO2/c1-9-5-6-12(11(13)8-9)15-7-3-4-10(2)14/h5-6,8H,3-4,7H2,1-2H3. The largest absolute Gasteiger partial charge is 0.492 e. The van der Waals surface area contributed by atoms with Crippen LogP contribution in [0.1, 0.15) is 25.3 Å². The first-order chi connectivity index (χ1) is 7.09. The van der Waals surface area contributed by atoms with Crippen LogP contribution in [0, 0.1) is 6.92 Å². The zero-order valence-corrected chi connectivity index (χ0v) is 10.6. The van der Waals surface area contributed by atoms with Crippen LogP contribution in [0.5, 0.6) is 5.75 Å². The molecule has 0 aliphatic carbocycles. The predicted octanol–water partition coefficient (Wildman–Crippen LogP) is 3.51. The van der Waals surface area contributed by atoms with Crippen molar-refractivity contribution in [3.05, 3.63) is 28.2 Å². The highest BCUT2D eigenvalue weighted by Crippen LogP contribution is 2.25. The van der Waals surface area contributed by atoms with Gasteiger partial charge in [0.1, 0.15) is 11.5 Å². The van der Waals surface area contributed by atoms with Crippen LogP contribution in [-0.4, -0.2) is 12.4 Å². The van der Waals surface area contributed by atoms with Crippen molar-refractivity contribution < 1.29 is 9.53 Å². The number of benzene rings is 1. The molecule has 0 fully saturated rings. The van der Waals surface area contributed by atoms with Crippen molar-refractivity contribution >= 4 is 21.7 Å².